The highest BCUT2D eigenvalue weighted by atomic mass is 19.4. The lowest BCUT2D eigenvalue weighted by atomic mass is 10.0. The van der Waals surface area contributed by atoms with Crippen molar-refractivity contribution >= 4 is 11.8 Å². The molecule has 2 aromatic carbocycles. The van der Waals surface area contributed by atoms with Crippen molar-refractivity contribution in [2.24, 2.45) is 0 Å². The number of benzene rings is 2. The fraction of sp³-hybridized carbons (Fsp3) is 0.350. The molecule has 0 atom stereocenters. The Morgan fingerprint density at radius 3 is 2.38 bits per heavy atom. The third-order valence-corrected chi connectivity index (χ3v) is 3.47. The minimum absolute atomic E-state index is 0.0259. The van der Waals surface area contributed by atoms with E-state index in [9.17, 15) is 18.0 Å². The number of rotatable bonds is 6. The maximum atomic E-state index is 12.7. The van der Waals surface area contributed by atoms with Crippen LogP contribution in [-0.4, -0.2) is 31.2 Å². The van der Waals surface area contributed by atoms with Crippen LogP contribution in [0, 0.1) is 0 Å². The van der Waals surface area contributed by atoms with Gasteiger partial charge < -0.3 is 25.3 Å². The summed E-state index contributed by atoms with van der Waals surface area (Å²) in [6, 6.07) is 10.9. The summed E-state index contributed by atoms with van der Waals surface area (Å²) in [6.07, 6.45) is -5.53. The minimum Gasteiger partial charge on any atom is -0.488 e. The molecule has 9 heteroatoms. The minimum atomic E-state index is -4.87. The van der Waals surface area contributed by atoms with E-state index in [0.29, 0.717) is 16.8 Å². The first-order valence-corrected chi connectivity index (χ1v) is 8.79. The number of carbonyl (C=O) groups is 1. The molecule has 0 saturated carbocycles. The number of nitrogens with two attached hydrogens (primary N) is 1. The summed E-state index contributed by atoms with van der Waals surface area (Å²) in [5.74, 6) is -0.623. The Kier molecular flexibility index (Phi) is 6.84. The van der Waals surface area contributed by atoms with Gasteiger partial charge in [0, 0.05) is 11.3 Å². The van der Waals surface area contributed by atoms with Gasteiger partial charge in [-0.1, -0.05) is 24.3 Å². The fourth-order valence-electron chi connectivity index (χ4n) is 2.39. The lowest BCUT2D eigenvalue weighted by molar-refractivity contribution is -0.275. The fourth-order valence-corrected chi connectivity index (χ4v) is 2.39. The molecule has 0 radical (unpaired) electrons. The van der Waals surface area contributed by atoms with Crippen LogP contribution in [0.4, 0.5) is 23.7 Å². The second-order valence-electron chi connectivity index (χ2n) is 7.07. The molecule has 6 nitrogen and oxygen atoms in total. The van der Waals surface area contributed by atoms with Crippen LogP contribution in [0.2, 0.25) is 0 Å². The smallest absolute Gasteiger partial charge is 0.488 e. The molecular formula is C20H23F3N2O4. The van der Waals surface area contributed by atoms with E-state index in [1.807, 2.05) is 0 Å². The Bertz CT molecular complexity index is 848. The van der Waals surface area contributed by atoms with Gasteiger partial charge >= 0.3 is 12.5 Å². The Labute approximate surface area is 166 Å². The Hall–Kier alpha value is -3.10. The van der Waals surface area contributed by atoms with E-state index in [2.05, 4.69) is 10.1 Å². The lowest BCUT2D eigenvalue weighted by Crippen LogP contribution is -2.34. The van der Waals surface area contributed by atoms with E-state index in [1.54, 1.807) is 45.0 Å². The van der Waals surface area contributed by atoms with Crippen LogP contribution in [0.1, 0.15) is 20.8 Å². The third kappa shape index (κ3) is 7.44. The average molecular weight is 412 g/mol. The summed E-state index contributed by atoms with van der Waals surface area (Å²) >= 11 is 0. The topological polar surface area (TPSA) is 82.8 Å². The van der Waals surface area contributed by atoms with Gasteiger partial charge in [0.05, 0.1) is 6.54 Å². The number of ether oxygens (including phenoxy) is 3. The number of halogens is 3. The number of para-hydroxylation sites is 1. The van der Waals surface area contributed by atoms with Crippen molar-refractivity contribution in [1.82, 2.24) is 5.32 Å². The number of nitrogens with one attached hydrogen (secondary N) is 1. The summed E-state index contributed by atoms with van der Waals surface area (Å²) in [5, 5.41) is 2.46. The first kappa shape index (κ1) is 22.2. The van der Waals surface area contributed by atoms with E-state index in [-0.39, 0.29) is 18.9 Å². The van der Waals surface area contributed by atoms with E-state index < -0.39 is 23.8 Å². The normalized spacial score (nSPS) is 11.7. The van der Waals surface area contributed by atoms with Gasteiger partial charge in [-0.2, -0.15) is 0 Å². The highest BCUT2D eigenvalue weighted by Crippen LogP contribution is 2.37. The Morgan fingerprint density at radius 1 is 1.07 bits per heavy atom. The number of hydrogen-bond donors (Lipinski definition) is 2. The van der Waals surface area contributed by atoms with Crippen LogP contribution in [-0.2, 0) is 4.74 Å². The average Bonchev–Trinajstić information content (AvgIpc) is 2.57. The molecule has 3 N–H and O–H groups in total. The van der Waals surface area contributed by atoms with Gasteiger partial charge in [0.1, 0.15) is 12.2 Å². The van der Waals surface area contributed by atoms with Gasteiger partial charge in [0.15, 0.2) is 11.5 Å². The molecule has 0 saturated heterocycles. The molecule has 1 amide bonds. The maximum Gasteiger partial charge on any atom is 0.573 e. The first-order chi connectivity index (χ1) is 13.4. The lowest BCUT2D eigenvalue weighted by Gasteiger charge is -2.20. The number of alkyl carbamates (subject to hydrolysis) is 1. The van der Waals surface area contributed by atoms with E-state index in [4.69, 9.17) is 15.2 Å². The van der Waals surface area contributed by atoms with Gasteiger partial charge in [-0.05, 0) is 44.5 Å². The molecule has 0 fully saturated rings. The second kappa shape index (κ2) is 8.93. The van der Waals surface area contributed by atoms with Gasteiger partial charge in [-0.15, -0.1) is 13.2 Å². The quantitative estimate of drug-likeness (QED) is 0.529. The Balaban J connectivity index is 2.13. The van der Waals surface area contributed by atoms with Gasteiger partial charge in [-0.3, -0.25) is 0 Å². The van der Waals surface area contributed by atoms with Gasteiger partial charge in [0.25, 0.3) is 0 Å². The number of nitrogen functional groups attached to an aromatic ring is 1. The van der Waals surface area contributed by atoms with Crippen LogP contribution in [0.15, 0.2) is 42.5 Å². The van der Waals surface area contributed by atoms with Crippen molar-refractivity contribution in [1.29, 1.82) is 0 Å². The zero-order chi connectivity index (χ0) is 21.7. The molecular weight excluding hydrogens is 389 g/mol. The van der Waals surface area contributed by atoms with Crippen molar-refractivity contribution in [2.45, 2.75) is 32.7 Å². The van der Waals surface area contributed by atoms with Crippen LogP contribution in [0.3, 0.4) is 0 Å². The standard InChI is InChI=1S/C20H23F3N2O4/c1-19(2,3)29-18(26)25-10-11-27-17-12-13(14-6-4-5-7-15(14)24)8-9-16(17)28-20(21,22)23/h4-9,12H,10-11,24H2,1-3H3,(H,25,26). The van der Waals surface area contributed by atoms with Crippen LogP contribution >= 0.6 is 0 Å². The monoisotopic (exact) mass is 412 g/mol. The van der Waals surface area contributed by atoms with Crippen LogP contribution < -0.4 is 20.5 Å². The molecule has 2 rings (SSSR count). The largest absolute Gasteiger partial charge is 0.573 e. The highest BCUT2D eigenvalue weighted by molar-refractivity contribution is 5.77. The number of hydrogen-bond acceptors (Lipinski definition) is 5. The molecule has 0 spiro atoms. The maximum absolute atomic E-state index is 12.7. The summed E-state index contributed by atoms with van der Waals surface area (Å²) < 4.78 is 52.6. The molecule has 158 valence electrons. The molecule has 2 aromatic rings. The van der Waals surface area contributed by atoms with E-state index >= 15 is 0 Å². The zero-order valence-electron chi connectivity index (χ0n) is 16.3. The van der Waals surface area contributed by atoms with Gasteiger partial charge in [-0.25, -0.2) is 4.79 Å². The van der Waals surface area contributed by atoms with Crippen molar-refractivity contribution in [2.75, 3.05) is 18.9 Å². The van der Waals surface area contributed by atoms with Gasteiger partial charge in [0.2, 0.25) is 0 Å². The molecule has 0 aliphatic rings. The zero-order valence-corrected chi connectivity index (χ0v) is 16.3. The number of carbonyl (C=O) groups excluding carboxylic acids is 1. The van der Waals surface area contributed by atoms with Crippen LogP contribution in [0.5, 0.6) is 11.5 Å². The van der Waals surface area contributed by atoms with Crippen molar-refractivity contribution in [3.8, 4) is 22.6 Å². The molecule has 0 aliphatic carbocycles. The highest BCUT2D eigenvalue weighted by Gasteiger charge is 2.32. The van der Waals surface area contributed by atoms with E-state index in [0.717, 1.165) is 6.07 Å². The molecule has 0 aromatic heterocycles. The summed E-state index contributed by atoms with van der Waals surface area (Å²) in [6.45, 7) is 5.07. The molecule has 0 heterocycles. The summed E-state index contributed by atoms with van der Waals surface area (Å²) in [4.78, 5) is 11.6. The van der Waals surface area contributed by atoms with Crippen LogP contribution in [0.25, 0.3) is 11.1 Å². The van der Waals surface area contributed by atoms with Crippen molar-refractivity contribution in [3.63, 3.8) is 0 Å². The number of anilines is 1. The number of alkyl halides is 3. The van der Waals surface area contributed by atoms with E-state index in [1.165, 1.54) is 12.1 Å². The second-order valence-corrected chi connectivity index (χ2v) is 7.07. The summed E-state index contributed by atoms with van der Waals surface area (Å²) in [7, 11) is 0. The van der Waals surface area contributed by atoms with Crippen molar-refractivity contribution < 1.29 is 32.2 Å². The predicted molar refractivity (Wildman–Crippen MR) is 103 cm³/mol. The third-order valence-electron chi connectivity index (χ3n) is 3.47. The Morgan fingerprint density at radius 2 is 1.76 bits per heavy atom. The summed E-state index contributed by atoms with van der Waals surface area (Å²) in [5.41, 5.74) is 6.94. The SMILES string of the molecule is CC(C)(C)OC(=O)NCCOc1cc(-c2ccccc2N)ccc1OC(F)(F)F. The predicted octanol–water partition coefficient (Wildman–Crippen LogP) is 4.74. The molecule has 0 aliphatic heterocycles. The first-order valence-electron chi connectivity index (χ1n) is 8.79. The molecule has 0 bridgehead atoms. The molecule has 0 unspecified atom stereocenters. The molecule has 29 heavy (non-hydrogen) atoms. The van der Waals surface area contributed by atoms with Crippen molar-refractivity contribution in [3.05, 3.63) is 42.5 Å². The number of amides is 1.